The lowest BCUT2D eigenvalue weighted by Crippen LogP contribution is -2.40. The van der Waals surface area contributed by atoms with E-state index in [0.717, 1.165) is 31.4 Å². The number of carbonyl (C=O) groups excluding carboxylic acids is 1. The monoisotopic (exact) mass is 417 g/mol. The Labute approximate surface area is 179 Å². The van der Waals surface area contributed by atoms with Crippen LogP contribution in [0.4, 0.5) is 5.69 Å². The van der Waals surface area contributed by atoms with Gasteiger partial charge in [0.05, 0.1) is 5.69 Å². The fourth-order valence-electron chi connectivity index (χ4n) is 4.19. The van der Waals surface area contributed by atoms with Gasteiger partial charge in [-0.2, -0.15) is 5.10 Å². The first-order valence-electron chi connectivity index (χ1n) is 10.5. The van der Waals surface area contributed by atoms with Crippen molar-refractivity contribution in [2.45, 2.75) is 44.8 Å². The van der Waals surface area contributed by atoms with Gasteiger partial charge in [0.25, 0.3) is 11.7 Å². The number of ether oxygens (including phenoxy) is 2. The van der Waals surface area contributed by atoms with E-state index < -0.39 is 17.1 Å². The summed E-state index contributed by atoms with van der Waals surface area (Å²) in [7, 11) is 0. The topological polar surface area (TPSA) is 82.5 Å². The lowest BCUT2D eigenvalue weighted by atomic mass is 9.94. The first kappa shape index (κ1) is 19.4. The number of aromatic nitrogens is 2. The van der Waals surface area contributed by atoms with E-state index in [4.69, 9.17) is 9.47 Å². The average Bonchev–Trinajstić information content (AvgIpc) is 3.11. The quantitative estimate of drug-likeness (QED) is 0.690. The number of hydrogen-bond donors (Lipinski definition) is 1. The van der Waals surface area contributed by atoms with Gasteiger partial charge in [0.15, 0.2) is 17.2 Å². The maximum absolute atomic E-state index is 12.9. The molecule has 1 saturated carbocycles. The molecule has 2 aromatic carbocycles. The van der Waals surface area contributed by atoms with Gasteiger partial charge in [0.2, 0.25) is 5.43 Å². The third-order valence-corrected chi connectivity index (χ3v) is 5.73. The van der Waals surface area contributed by atoms with Gasteiger partial charge in [-0.25, -0.2) is 4.68 Å². The molecule has 1 aliphatic carbocycles. The number of nitrogens with one attached hydrogen (secondary N) is 1. The molecular weight excluding hydrogens is 394 g/mol. The van der Waals surface area contributed by atoms with Crippen LogP contribution in [-0.4, -0.2) is 21.5 Å². The summed E-state index contributed by atoms with van der Waals surface area (Å²) < 4.78 is 13.8. The highest BCUT2D eigenvalue weighted by Gasteiger charge is 2.42. The summed E-state index contributed by atoms with van der Waals surface area (Å²) in [5, 5.41) is 7.08. The van der Waals surface area contributed by atoms with Crippen molar-refractivity contribution in [2.75, 3.05) is 5.32 Å². The van der Waals surface area contributed by atoms with E-state index >= 15 is 0 Å². The second-order valence-corrected chi connectivity index (χ2v) is 8.04. The highest BCUT2D eigenvalue weighted by Crippen LogP contribution is 2.46. The summed E-state index contributed by atoms with van der Waals surface area (Å²) in [4.78, 5) is 25.3. The Bertz CT molecular complexity index is 1200. The Morgan fingerprint density at radius 1 is 1.00 bits per heavy atom. The molecule has 0 unspecified atom stereocenters. The van der Waals surface area contributed by atoms with Gasteiger partial charge in [0, 0.05) is 36.4 Å². The van der Waals surface area contributed by atoms with E-state index in [-0.39, 0.29) is 5.69 Å². The van der Waals surface area contributed by atoms with Gasteiger partial charge >= 0.3 is 0 Å². The first-order valence-corrected chi connectivity index (χ1v) is 10.5. The van der Waals surface area contributed by atoms with Crippen molar-refractivity contribution in [3.8, 4) is 17.2 Å². The Hall–Kier alpha value is -3.61. The van der Waals surface area contributed by atoms with Crippen LogP contribution in [0.2, 0.25) is 0 Å². The van der Waals surface area contributed by atoms with Gasteiger partial charge in [-0.3, -0.25) is 9.59 Å². The number of para-hydroxylation sites is 1. The summed E-state index contributed by atoms with van der Waals surface area (Å²) in [6.45, 7) is 1.78. The number of aryl methyl sites for hydroxylation is 1. The molecule has 1 fully saturated rings. The Kier molecular flexibility index (Phi) is 4.73. The molecule has 31 heavy (non-hydrogen) atoms. The molecule has 1 aromatic heterocycles. The van der Waals surface area contributed by atoms with E-state index in [9.17, 15) is 9.59 Å². The highest BCUT2D eigenvalue weighted by atomic mass is 16.7. The largest absolute Gasteiger partial charge is 0.448 e. The zero-order valence-electron chi connectivity index (χ0n) is 17.3. The fraction of sp³-hybridized carbons (Fsp3) is 0.292. The van der Waals surface area contributed by atoms with E-state index in [0.29, 0.717) is 22.9 Å². The molecule has 0 atom stereocenters. The number of fused-ring (bicyclic) bond motifs is 1. The number of benzene rings is 2. The summed E-state index contributed by atoms with van der Waals surface area (Å²) in [6, 6.07) is 16.1. The van der Waals surface area contributed by atoms with Gasteiger partial charge in [-0.05, 0) is 44.0 Å². The fourth-order valence-corrected chi connectivity index (χ4v) is 4.19. The first-order chi connectivity index (χ1) is 15.0. The van der Waals surface area contributed by atoms with Crippen LogP contribution in [0.1, 0.15) is 48.3 Å². The Morgan fingerprint density at radius 2 is 1.74 bits per heavy atom. The second-order valence-electron chi connectivity index (χ2n) is 8.04. The molecule has 2 aliphatic rings. The highest BCUT2D eigenvalue weighted by molar-refractivity contribution is 6.02. The molecule has 158 valence electrons. The van der Waals surface area contributed by atoms with Gasteiger partial charge in [0.1, 0.15) is 0 Å². The Balaban J connectivity index is 1.39. The molecule has 7 nitrogen and oxygen atoms in total. The van der Waals surface area contributed by atoms with Crippen LogP contribution in [0, 0.1) is 6.92 Å². The van der Waals surface area contributed by atoms with Crippen LogP contribution in [-0.2, 0) is 0 Å². The van der Waals surface area contributed by atoms with Gasteiger partial charge < -0.3 is 14.8 Å². The summed E-state index contributed by atoms with van der Waals surface area (Å²) >= 11 is 0. The Morgan fingerprint density at radius 3 is 2.52 bits per heavy atom. The van der Waals surface area contributed by atoms with Crippen LogP contribution in [0.3, 0.4) is 0 Å². The van der Waals surface area contributed by atoms with Crippen molar-refractivity contribution in [3.05, 3.63) is 76.2 Å². The molecule has 0 radical (unpaired) electrons. The van der Waals surface area contributed by atoms with E-state index in [1.807, 2.05) is 30.3 Å². The normalized spacial score (nSPS) is 16.3. The number of hydrogen-bond acceptors (Lipinski definition) is 5. The molecule has 1 amide bonds. The molecule has 2 heterocycles. The SMILES string of the molecule is Cc1cc(=O)c(C(=O)Nc2ccc3c(c2)OC2(CCCCC2)O3)nn1-c1ccccc1. The lowest BCUT2D eigenvalue weighted by molar-refractivity contribution is -0.105. The van der Waals surface area contributed by atoms with Crippen LogP contribution < -0.4 is 20.2 Å². The van der Waals surface area contributed by atoms with E-state index in [2.05, 4.69) is 10.4 Å². The number of nitrogens with zero attached hydrogens (tertiary/aromatic N) is 2. The molecule has 7 heteroatoms. The van der Waals surface area contributed by atoms with Gasteiger partial charge in [-0.15, -0.1) is 0 Å². The van der Waals surface area contributed by atoms with E-state index in [1.54, 1.807) is 29.8 Å². The van der Waals surface area contributed by atoms with Crippen molar-refractivity contribution in [3.63, 3.8) is 0 Å². The molecule has 5 rings (SSSR count). The predicted molar refractivity (Wildman–Crippen MR) is 116 cm³/mol. The molecule has 3 aromatic rings. The zero-order valence-corrected chi connectivity index (χ0v) is 17.3. The molecular formula is C24H23N3O4. The predicted octanol–water partition coefficient (Wildman–Crippen LogP) is 4.22. The number of amides is 1. The van der Waals surface area contributed by atoms with Crippen molar-refractivity contribution in [2.24, 2.45) is 0 Å². The molecule has 1 aliphatic heterocycles. The third-order valence-electron chi connectivity index (χ3n) is 5.73. The smallest absolute Gasteiger partial charge is 0.280 e. The summed E-state index contributed by atoms with van der Waals surface area (Å²) in [5.74, 6) is 0.143. The van der Waals surface area contributed by atoms with Crippen molar-refractivity contribution in [1.29, 1.82) is 0 Å². The van der Waals surface area contributed by atoms with E-state index in [1.165, 1.54) is 12.5 Å². The molecule has 1 N–H and O–H groups in total. The lowest BCUT2D eigenvalue weighted by Gasteiger charge is -2.31. The van der Waals surface area contributed by atoms with Crippen molar-refractivity contribution < 1.29 is 14.3 Å². The third kappa shape index (κ3) is 3.67. The summed E-state index contributed by atoms with van der Waals surface area (Å²) in [5.41, 5.74) is 1.34. The van der Waals surface area contributed by atoms with Crippen LogP contribution in [0.15, 0.2) is 59.4 Å². The maximum atomic E-state index is 12.9. The number of rotatable bonds is 3. The van der Waals surface area contributed by atoms with Crippen molar-refractivity contribution in [1.82, 2.24) is 9.78 Å². The number of anilines is 1. The average molecular weight is 417 g/mol. The zero-order chi connectivity index (χ0) is 21.4. The molecule has 0 saturated heterocycles. The van der Waals surface area contributed by atoms with Gasteiger partial charge in [-0.1, -0.05) is 24.6 Å². The number of carbonyl (C=O) groups is 1. The molecule has 1 spiro atoms. The van der Waals surface area contributed by atoms with Crippen LogP contribution in [0.25, 0.3) is 5.69 Å². The minimum Gasteiger partial charge on any atom is -0.448 e. The minimum atomic E-state index is -0.578. The van der Waals surface area contributed by atoms with Crippen LogP contribution in [0.5, 0.6) is 11.5 Å². The molecule has 0 bridgehead atoms. The van der Waals surface area contributed by atoms with Crippen LogP contribution >= 0.6 is 0 Å². The summed E-state index contributed by atoms with van der Waals surface area (Å²) in [6.07, 6.45) is 5.05. The maximum Gasteiger partial charge on any atom is 0.280 e. The second kappa shape index (κ2) is 7.58. The standard InChI is InChI=1S/C24H23N3O4/c1-16-14-19(28)22(26-27(16)18-8-4-2-5-9-18)23(29)25-17-10-11-20-21(15-17)31-24(30-20)12-6-3-7-13-24/h2,4-5,8-11,14-15H,3,6-7,12-13H2,1H3,(H,25,29). The minimum absolute atomic E-state index is 0.170. The van der Waals surface area contributed by atoms with Crippen molar-refractivity contribution >= 4 is 11.6 Å².